The molecule has 0 spiro atoms. The minimum absolute atomic E-state index is 0.720. The molecule has 100 valence electrons. The van der Waals surface area contributed by atoms with Crippen molar-refractivity contribution in [2.24, 2.45) is 0 Å². The Morgan fingerprint density at radius 2 is 2.32 bits per heavy atom. The molecule has 0 radical (unpaired) electrons. The molecule has 3 nitrogen and oxygen atoms in total. The fourth-order valence-corrected chi connectivity index (χ4v) is 3.63. The number of nitrogens with one attached hydrogen (secondary N) is 1. The first-order valence-corrected chi connectivity index (χ1v) is 8.17. The molecular formula is C13H14ClN3S2. The van der Waals surface area contributed by atoms with Gasteiger partial charge in [-0.1, -0.05) is 29.4 Å². The maximum Gasteiger partial charge on any atom is 0.174 e. The second-order valence-corrected chi connectivity index (χ2v) is 7.08. The molecule has 2 aromatic rings. The molecule has 6 heteroatoms. The van der Waals surface area contributed by atoms with Crippen LogP contribution in [0.15, 0.2) is 27.4 Å². The monoisotopic (exact) mass is 311 g/mol. The van der Waals surface area contributed by atoms with E-state index in [0.717, 1.165) is 32.7 Å². The number of hydrogen-bond donors (Lipinski definition) is 1. The first kappa shape index (κ1) is 13.4. The van der Waals surface area contributed by atoms with Crippen LogP contribution in [0.25, 0.3) is 0 Å². The van der Waals surface area contributed by atoms with Gasteiger partial charge in [0.1, 0.15) is 5.82 Å². The number of rotatable bonds is 5. The van der Waals surface area contributed by atoms with Crippen LogP contribution in [0.1, 0.15) is 24.2 Å². The SMILES string of the molecule is Cc1nsc(Sc2ccc(CNC3CC3)cc2Cl)n1. The second-order valence-electron chi connectivity index (χ2n) is 4.63. The van der Waals surface area contributed by atoms with Crippen molar-refractivity contribution in [2.45, 2.75) is 41.6 Å². The number of nitrogens with zero attached hydrogens (tertiary/aromatic N) is 2. The average Bonchev–Trinajstić information content (AvgIpc) is 3.13. The number of aromatic nitrogens is 2. The maximum atomic E-state index is 6.32. The Morgan fingerprint density at radius 3 is 2.95 bits per heavy atom. The van der Waals surface area contributed by atoms with E-state index in [1.165, 1.54) is 29.9 Å². The number of hydrogen-bond acceptors (Lipinski definition) is 5. The quantitative estimate of drug-likeness (QED) is 0.908. The minimum Gasteiger partial charge on any atom is -0.310 e. The molecule has 0 atom stereocenters. The number of aryl methyl sites for hydroxylation is 1. The van der Waals surface area contributed by atoms with Gasteiger partial charge in [0.15, 0.2) is 4.34 Å². The van der Waals surface area contributed by atoms with Crippen LogP contribution in [-0.4, -0.2) is 15.4 Å². The smallest absolute Gasteiger partial charge is 0.174 e. The highest BCUT2D eigenvalue weighted by molar-refractivity contribution is 8.01. The van der Waals surface area contributed by atoms with Gasteiger partial charge in [-0.05, 0) is 49.0 Å². The lowest BCUT2D eigenvalue weighted by atomic mass is 10.2. The lowest BCUT2D eigenvalue weighted by Gasteiger charge is -2.06. The Morgan fingerprint density at radius 1 is 1.47 bits per heavy atom. The van der Waals surface area contributed by atoms with Crippen molar-refractivity contribution in [3.8, 4) is 0 Å². The third kappa shape index (κ3) is 3.69. The fourth-order valence-electron chi connectivity index (χ4n) is 1.70. The van der Waals surface area contributed by atoms with Crippen LogP contribution in [0.4, 0.5) is 0 Å². The van der Waals surface area contributed by atoms with E-state index in [-0.39, 0.29) is 0 Å². The van der Waals surface area contributed by atoms with Crippen LogP contribution in [0.2, 0.25) is 5.02 Å². The Kier molecular flexibility index (Phi) is 4.07. The molecule has 1 fully saturated rings. The zero-order valence-electron chi connectivity index (χ0n) is 10.5. The molecule has 1 aromatic carbocycles. The van der Waals surface area contributed by atoms with Gasteiger partial charge >= 0.3 is 0 Å². The van der Waals surface area contributed by atoms with E-state index in [9.17, 15) is 0 Å². The van der Waals surface area contributed by atoms with Crippen LogP contribution in [0.5, 0.6) is 0 Å². The molecule has 1 saturated carbocycles. The van der Waals surface area contributed by atoms with Gasteiger partial charge in [0.2, 0.25) is 0 Å². The highest BCUT2D eigenvalue weighted by atomic mass is 35.5. The minimum atomic E-state index is 0.720. The van der Waals surface area contributed by atoms with Crippen molar-refractivity contribution in [2.75, 3.05) is 0 Å². The summed E-state index contributed by atoms with van der Waals surface area (Å²) in [5.41, 5.74) is 1.23. The molecule has 1 aromatic heterocycles. The third-order valence-corrected chi connectivity index (χ3v) is 5.22. The Labute approximate surface area is 126 Å². The van der Waals surface area contributed by atoms with Gasteiger partial charge in [-0.3, -0.25) is 0 Å². The van der Waals surface area contributed by atoms with Crippen LogP contribution in [0.3, 0.4) is 0 Å². The molecule has 3 rings (SSSR count). The lowest BCUT2D eigenvalue weighted by molar-refractivity contribution is 0.687. The van der Waals surface area contributed by atoms with Gasteiger partial charge in [-0.25, -0.2) is 4.98 Å². The first-order valence-electron chi connectivity index (χ1n) is 6.21. The molecule has 19 heavy (non-hydrogen) atoms. The molecule has 0 amide bonds. The van der Waals surface area contributed by atoms with Gasteiger partial charge < -0.3 is 5.32 Å². The van der Waals surface area contributed by atoms with Crippen molar-refractivity contribution in [1.29, 1.82) is 0 Å². The fraction of sp³-hybridized carbons (Fsp3) is 0.385. The van der Waals surface area contributed by atoms with Gasteiger partial charge in [-0.15, -0.1) is 0 Å². The highest BCUT2D eigenvalue weighted by Crippen LogP contribution is 2.34. The van der Waals surface area contributed by atoms with Crippen molar-refractivity contribution in [3.05, 3.63) is 34.6 Å². The Balaban J connectivity index is 1.67. The molecule has 1 heterocycles. The predicted molar refractivity (Wildman–Crippen MR) is 80.1 cm³/mol. The normalized spacial score (nSPS) is 14.8. The molecule has 1 aliphatic rings. The number of halogens is 1. The van der Waals surface area contributed by atoms with Gasteiger partial charge in [0, 0.05) is 17.5 Å². The lowest BCUT2D eigenvalue weighted by Crippen LogP contribution is -2.15. The summed E-state index contributed by atoms with van der Waals surface area (Å²) in [5.74, 6) is 0.814. The summed E-state index contributed by atoms with van der Waals surface area (Å²) in [7, 11) is 0. The summed E-state index contributed by atoms with van der Waals surface area (Å²) in [6.07, 6.45) is 2.61. The largest absolute Gasteiger partial charge is 0.310 e. The van der Waals surface area contributed by atoms with E-state index in [4.69, 9.17) is 11.6 Å². The number of benzene rings is 1. The van der Waals surface area contributed by atoms with Crippen molar-refractivity contribution < 1.29 is 0 Å². The van der Waals surface area contributed by atoms with Crippen LogP contribution in [0, 0.1) is 6.92 Å². The van der Waals surface area contributed by atoms with Crippen molar-refractivity contribution >= 4 is 34.9 Å². The van der Waals surface area contributed by atoms with Gasteiger partial charge in [0.05, 0.1) is 5.02 Å². The molecule has 1 aliphatic carbocycles. The molecule has 0 bridgehead atoms. The first-order chi connectivity index (χ1) is 9.20. The van der Waals surface area contributed by atoms with Crippen molar-refractivity contribution in [1.82, 2.24) is 14.7 Å². The molecule has 0 unspecified atom stereocenters. The topological polar surface area (TPSA) is 37.8 Å². The predicted octanol–water partition coefficient (Wildman–Crippen LogP) is 3.90. The zero-order chi connectivity index (χ0) is 13.2. The van der Waals surface area contributed by atoms with E-state index in [0.29, 0.717) is 0 Å². The van der Waals surface area contributed by atoms with Crippen molar-refractivity contribution in [3.63, 3.8) is 0 Å². The summed E-state index contributed by atoms with van der Waals surface area (Å²) in [4.78, 5) is 5.37. The second kappa shape index (κ2) is 5.79. The highest BCUT2D eigenvalue weighted by Gasteiger charge is 2.20. The van der Waals surface area contributed by atoms with Crippen LogP contribution >= 0.6 is 34.9 Å². The van der Waals surface area contributed by atoms with E-state index < -0.39 is 0 Å². The summed E-state index contributed by atoms with van der Waals surface area (Å²) < 4.78 is 5.11. The summed E-state index contributed by atoms with van der Waals surface area (Å²) >= 11 is 9.31. The van der Waals surface area contributed by atoms with Gasteiger partial charge in [-0.2, -0.15) is 4.37 Å². The third-order valence-electron chi connectivity index (χ3n) is 2.87. The molecular weight excluding hydrogens is 298 g/mol. The van der Waals surface area contributed by atoms with E-state index in [2.05, 4.69) is 26.8 Å². The van der Waals surface area contributed by atoms with Gasteiger partial charge in [0.25, 0.3) is 0 Å². The summed E-state index contributed by atoms with van der Waals surface area (Å²) in [6.45, 7) is 2.79. The zero-order valence-corrected chi connectivity index (χ0v) is 12.9. The average molecular weight is 312 g/mol. The Bertz CT molecular complexity index is 581. The molecule has 0 saturated heterocycles. The molecule has 0 aliphatic heterocycles. The van der Waals surface area contributed by atoms with E-state index in [1.54, 1.807) is 11.8 Å². The van der Waals surface area contributed by atoms with Crippen LogP contribution in [-0.2, 0) is 6.54 Å². The standard InChI is InChI=1S/C13H14ClN3S2/c1-8-16-13(19-17-8)18-12-5-2-9(6-11(12)14)7-15-10-3-4-10/h2,5-6,10,15H,3-4,7H2,1H3. The summed E-state index contributed by atoms with van der Waals surface area (Å²) in [6, 6.07) is 6.94. The van der Waals surface area contributed by atoms with Crippen LogP contribution < -0.4 is 5.32 Å². The maximum absolute atomic E-state index is 6.32. The van der Waals surface area contributed by atoms with E-state index >= 15 is 0 Å². The van der Waals surface area contributed by atoms with E-state index in [1.807, 2.05) is 13.0 Å². The Hall–Kier alpha value is -0.620. The molecule has 1 N–H and O–H groups in total. The summed E-state index contributed by atoms with van der Waals surface area (Å²) in [5, 5.41) is 4.27.